The van der Waals surface area contributed by atoms with Crippen LogP contribution < -0.4 is 10.6 Å². The van der Waals surface area contributed by atoms with Crippen LogP contribution in [0.15, 0.2) is 18.2 Å². The first-order valence-corrected chi connectivity index (χ1v) is 10.5. The van der Waals surface area contributed by atoms with E-state index in [1.54, 1.807) is 17.0 Å². The molecule has 1 aromatic rings. The lowest BCUT2D eigenvalue weighted by Crippen LogP contribution is -2.42. The molecule has 0 spiro atoms. The van der Waals surface area contributed by atoms with Crippen molar-refractivity contribution in [2.75, 3.05) is 50.0 Å². The molecule has 1 atom stereocenters. The van der Waals surface area contributed by atoms with E-state index in [0.29, 0.717) is 32.0 Å². The van der Waals surface area contributed by atoms with Gasteiger partial charge in [-0.05, 0) is 51.5 Å². The average Bonchev–Trinajstić information content (AvgIpc) is 3.07. The molecule has 0 radical (unpaired) electrons. The highest BCUT2D eigenvalue weighted by Gasteiger charge is 2.39. The topological polar surface area (TPSA) is 91.0 Å². The standard InChI is InChI=1S/C22H32N4O4/c1-15-11-17(23-21(29)16-12-20(28)26(13-16)22(2,3)4)5-6-18(15)24-19(27)14-25-7-9-30-10-8-25/h5-6,11,16H,7-10,12-14H2,1-4H3,(H,23,29)(H,24,27). The Morgan fingerprint density at radius 2 is 1.87 bits per heavy atom. The lowest BCUT2D eigenvalue weighted by atomic mass is 10.1. The maximum absolute atomic E-state index is 12.7. The van der Waals surface area contributed by atoms with Crippen LogP contribution in [0.5, 0.6) is 0 Å². The van der Waals surface area contributed by atoms with Crippen molar-refractivity contribution in [2.24, 2.45) is 5.92 Å². The summed E-state index contributed by atoms with van der Waals surface area (Å²) in [7, 11) is 0. The molecule has 30 heavy (non-hydrogen) atoms. The van der Waals surface area contributed by atoms with Crippen LogP contribution in [0.3, 0.4) is 0 Å². The fraction of sp³-hybridized carbons (Fsp3) is 0.591. The van der Waals surface area contributed by atoms with E-state index < -0.39 is 0 Å². The number of carbonyl (C=O) groups is 3. The number of nitrogens with zero attached hydrogens (tertiary/aromatic N) is 2. The van der Waals surface area contributed by atoms with Gasteiger partial charge in [0.25, 0.3) is 0 Å². The quantitative estimate of drug-likeness (QED) is 0.765. The minimum absolute atomic E-state index is 0.0113. The number of anilines is 2. The number of carbonyl (C=O) groups excluding carboxylic acids is 3. The van der Waals surface area contributed by atoms with E-state index in [1.807, 2.05) is 33.8 Å². The summed E-state index contributed by atoms with van der Waals surface area (Å²) in [5, 5.41) is 5.85. The second-order valence-corrected chi connectivity index (χ2v) is 9.03. The summed E-state index contributed by atoms with van der Waals surface area (Å²) >= 11 is 0. The first-order valence-electron chi connectivity index (χ1n) is 10.5. The summed E-state index contributed by atoms with van der Waals surface area (Å²) in [6.07, 6.45) is 0.234. The van der Waals surface area contributed by atoms with E-state index in [1.165, 1.54) is 0 Å². The molecular weight excluding hydrogens is 384 g/mol. The number of morpholine rings is 1. The molecule has 0 aromatic heterocycles. The Bertz CT molecular complexity index is 812. The molecule has 0 aliphatic carbocycles. The zero-order valence-corrected chi connectivity index (χ0v) is 18.3. The van der Waals surface area contributed by atoms with Crippen molar-refractivity contribution in [3.8, 4) is 0 Å². The van der Waals surface area contributed by atoms with Crippen molar-refractivity contribution >= 4 is 29.1 Å². The minimum atomic E-state index is -0.357. The SMILES string of the molecule is Cc1cc(NC(=O)C2CC(=O)N(C(C)(C)C)C2)ccc1NC(=O)CN1CCOCC1. The molecule has 1 aromatic carbocycles. The number of rotatable bonds is 5. The van der Waals surface area contributed by atoms with Crippen molar-refractivity contribution in [1.82, 2.24) is 9.80 Å². The maximum atomic E-state index is 12.7. The lowest BCUT2D eigenvalue weighted by molar-refractivity contribution is -0.131. The number of nitrogens with one attached hydrogen (secondary N) is 2. The molecule has 3 rings (SSSR count). The number of likely N-dealkylation sites (tertiary alicyclic amines) is 1. The van der Waals surface area contributed by atoms with Gasteiger partial charge in [0.1, 0.15) is 0 Å². The maximum Gasteiger partial charge on any atom is 0.238 e. The number of hydrogen-bond acceptors (Lipinski definition) is 5. The molecule has 8 nitrogen and oxygen atoms in total. The van der Waals surface area contributed by atoms with Gasteiger partial charge in [-0.2, -0.15) is 0 Å². The summed E-state index contributed by atoms with van der Waals surface area (Å²) in [5.41, 5.74) is 1.96. The van der Waals surface area contributed by atoms with Crippen LogP contribution in [0.4, 0.5) is 11.4 Å². The minimum Gasteiger partial charge on any atom is -0.379 e. The molecule has 0 bridgehead atoms. The van der Waals surface area contributed by atoms with Gasteiger partial charge in [-0.25, -0.2) is 0 Å². The van der Waals surface area contributed by atoms with E-state index in [9.17, 15) is 14.4 Å². The van der Waals surface area contributed by atoms with Gasteiger partial charge in [-0.15, -0.1) is 0 Å². The van der Waals surface area contributed by atoms with Crippen molar-refractivity contribution in [3.05, 3.63) is 23.8 Å². The summed E-state index contributed by atoms with van der Waals surface area (Å²) in [4.78, 5) is 41.0. The Kier molecular flexibility index (Phi) is 6.77. The van der Waals surface area contributed by atoms with E-state index in [2.05, 4.69) is 15.5 Å². The van der Waals surface area contributed by atoms with Crippen LogP contribution in [-0.2, 0) is 19.1 Å². The molecule has 164 valence electrons. The number of benzene rings is 1. The zero-order valence-electron chi connectivity index (χ0n) is 18.3. The Labute approximate surface area is 177 Å². The number of aryl methyl sites for hydroxylation is 1. The zero-order chi connectivity index (χ0) is 21.9. The van der Waals surface area contributed by atoms with Gasteiger partial charge >= 0.3 is 0 Å². The Balaban J connectivity index is 1.55. The van der Waals surface area contributed by atoms with E-state index in [4.69, 9.17) is 4.74 Å². The molecule has 1 unspecified atom stereocenters. The normalized spacial score (nSPS) is 20.3. The summed E-state index contributed by atoms with van der Waals surface area (Å²) in [6, 6.07) is 5.40. The highest BCUT2D eigenvalue weighted by Crippen LogP contribution is 2.27. The largest absolute Gasteiger partial charge is 0.379 e. The highest BCUT2D eigenvalue weighted by atomic mass is 16.5. The average molecular weight is 417 g/mol. The van der Waals surface area contributed by atoms with Gasteiger partial charge in [-0.3, -0.25) is 19.3 Å². The van der Waals surface area contributed by atoms with Crippen molar-refractivity contribution in [1.29, 1.82) is 0 Å². The first-order chi connectivity index (χ1) is 14.1. The van der Waals surface area contributed by atoms with Crippen LogP contribution in [-0.4, -0.2) is 72.5 Å². The molecule has 2 aliphatic rings. The van der Waals surface area contributed by atoms with Crippen LogP contribution >= 0.6 is 0 Å². The molecule has 2 fully saturated rings. The summed E-state index contributed by atoms with van der Waals surface area (Å²) < 4.78 is 5.30. The smallest absolute Gasteiger partial charge is 0.238 e. The molecule has 0 saturated carbocycles. The van der Waals surface area contributed by atoms with E-state index in [0.717, 1.165) is 24.3 Å². The van der Waals surface area contributed by atoms with Gasteiger partial charge in [0.05, 0.1) is 25.7 Å². The molecule has 8 heteroatoms. The van der Waals surface area contributed by atoms with Gasteiger partial charge in [0.15, 0.2) is 0 Å². The second kappa shape index (κ2) is 9.14. The third-order valence-corrected chi connectivity index (χ3v) is 5.54. The molecule has 2 aliphatic heterocycles. The van der Waals surface area contributed by atoms with E-state index >= 15 is 0 Å². The predicted molar refractivity (Wildman–Crippen MR) is 115 cm³/mol. The summed E-state index contributed by atoms with van der Waals surface area (Å²) in [5.74, 6) is -0.566. The van der Waals surface area contributed by atoms with Gasteiger partial charge in [-0.1, -0.05) is 0 Å². The van der Waals surface area contributed by atoms with Crippen LogP contribution in [0.2, 0.25) is 0 Å². The van der Waals surface area contributed by atoms with Crippen molar-refractivity contribution in [2.45, 2.75) is 39.7 Å². The van der Waals surface area contributed by atoms with Crippen LogP contribution in [0.1, 0.15) is 32.8 Å². The Hall–Kier alpha value is -2.45. The number of ether oxygens (including phenoxy) is 1. The van der Waals surface area contributed by atoms with Crippen molar-refractivity contribution < 1.29 is 19.1 Å². The Morgan fingerprint density at radius 3 is 2.47 bits per heavy atom. The van der Waals surface area contributed by atoms with Crippen molar-refractivity contribution in [3.63, 3.8) is 0 Å². The first kappa shape index (κ1) is 22.2. The molecule has 2 saturated heterocycles. The second-order valence-electron chi connectivity index (χ2n) is 9.03. The molecule has 3 amide bonds. The summed E-state index contributed by atoms with van der Waals surface area (Å²) in [6.45, 7) is 11.4. The molecule has 2 N–H and O–H groups in total. The lowest BCUT2D eigenvalue weighted by Gasteiger charge is -2.31. The molecular formula is C22H32N4O4. The number of hydrogen-bond donors (Lipinski definition) is 2. The van der Waals surface area contributed by atoms with Gasteiger partial charge < -0.3 is 20.3 Å². The predicted octanol–water partition coefficient (Wildman–Crippen LogP) is 1.85. The van der Waals surface area contributed by atoms with Gasteiger partial charge in [0, 0.05) is 43.0 Å². The van der Waals surface area contributed by atoms with Crippen LogP contribution in [0.25, 0.3) is 0 Å². The van der Waals surface area contributed by atoms with Crippen LogP contribution in [0, 0.1) is 12.8 Å². The molecule has 2 heterocycles. The fourth-order valence-electron chi connectivity index (χ4n) is 3.81. The Morgan fingerprint density at radius 1 is 1.17 bits per heavy atom. The van der Waals surface area contributed by atoms with Gasteiger partial charge in [0.2, 0.25) is 17.7 Å². The number of amides is 3. The third-order valence-electron chi connectivity index (χ3n) is 5.54. The third kappa shape index (κ3) is 5.58. The van der Waals surface area contributed by atoms with E-state index in [-0.39, 0.29) is 35.6 Å². The highest BCUT2D eigenvalue weighted by molar-refractivity contribution is 5.98. The monoisotopic (exact) mass is 416 g/mol. The fourth-order valence-corrected chi connectivity index (χ4v) is 3.81.